The van der Waals surface area contributed by atoms with Gasteiger partial charge in [0.1, 0.15) is 0 Å². The SMILES string of the molecule is CN(CCc1cc[nH]c1)C1CNC1. The van der Waals surface area contributed by atoms with Crippen LogP contribution in [0.25, 0.3) is 0 Å². The summed E-state index contributed by atoms with van der Waals surface area (Å²) in [7, 11) is 2.21. The van der Waals surface area contributed by atoms with Crippen molar-refractivity contribution >= 4 is 0 Å². The third kappa shape index (κ3) is 2.11. The lowest BCUT2D eigenvalue weighted by molar-refractivity contribution is 0.182. The minimum atomic E-state index is 0.763. The minimum absolute atomic E-state index is 0.763. The van der Waals surface area contributed by atoms with Gasteiger partial charge in [-0.2, -0.15) is 0 Å². The molecule has 0 radical (unpaired) electrons. The lowest BCUT2D eigenvalue weighted by atomic mass is 10.1. The van der Waals surface area contributed by atoms with E-state index in [9.17, 15) is 0 Å². The molecular weight excluding hydrogens is 162 g/mol. The predicted octanol–water partition coefficient (Wildman–Crippen LogP) is 0.461. The zero-order valence-corrected chi connectivity index (χ0v) is 8.09. The maximum Gasteiger partial charge on any atom is 0.0342 e. The Balaban J connectivity index is 1.72. The maximum absolute atomic E-state index is 3.29. The number of aromatic nitrogens is 1. The molecule has 3 nitrogen and oxygen atoms in total. The first-order chi connectivity index (χ1) is 6.36. The number of nitrogens with zero attached hydrogens (tertiary/aromatic N) is 1. The Morgan fingerprint density at radius 2 is 2.38 bits per heavy atom. The topological polar surface area (TPSA) is 31.1 Å². The Hall–Kier alpha value is -0.800. The highest BCUT2D eigenvalue weighted by Gasteiger charge is 2.20. The monoisotopic (exact) mass is 179 g/mol. The number of hydrogen-bond donors (Lipinski definition) is 2. The highest BCUT2D eigenvalue weighted by Crippen LogP contribution is 2.04. The summed E-state index contributed by atoms with van der Waals surface area (Å²) in [5, 5.41) is 3.29. The van der Waals surface area contributed by atoms with Gasteiger partial charge in [0, 0.05) is 38.1 Å². The molecule has 0 saturated carbocycles. The number of likely N-dealkylation sites (N-methyl/N-ethyl adjacent to an activating group) is 1. The first-order valence-electron chi connectivity index (χ1n) is 4.89. The van der Waals surface area contributed by atoms with Crippen molar-refractivity contribution in [1.82, 2.24) is 15.2 Å². The maximum atomic E-state index is 3.29. The second kappa shape index (κ2) is 3.94. The van der Waals surface area contributed by atoms with Gasteiger partial charge in [0.2, 0.25) is 0 Å². The lowest BCUT2D eigenvalue weighted by Crippen LogP contribution is -2.56. The van der Waals surface area contributed by atoms with E-state index in [2.05, 4.69) is 34.5 Å². The molecule has 0 bridgehead atoms. The van der Waals surface area contributed by atoms with Crippen LogP contribution in [0.15, 0.2) is 18.5 Å². The third-order valence-electron chi connectivity index (χ3n) is 2.80. The summed E-state index contributed by atoms with van der Waals surface area (Å²) in [5.74, 6) is 0. The average Bonchev–Trinajstić information content (AvgIpc) is 2.49. The van der Waals surface area contributed by atoms with Gasteiger partial charge in [0.15, 0.2) is 0 Å². The summed E-state index contributed by atoms with van der Waals surface area (Å²) in [4.78, 5) is 5.51. The fourth-order valence-electron chi connectivity index (χ4n) is 1.59. The number of nitrogens with one attached hydrogen (secondary N) is 2. The standard InChI is InChI=1S/C10H17N3/c1-13(10-7-12-8-10)5-3-9-2-4-11-6-9/h2,4,6,10-12H,3,5,7-8H2,1H3. The first kappa shape index (κ1) is 8.78. The average molecular weight is 179 g/mol. The van der Waals surface area contributed by atoms with Crippen molar-refractivity contribution < 1.29 is 0 Å². The van der Waals surface area contributed by atoms with E-state index in [1.165, 1.54) is 5.56 Å². The van der Waals surface area contributed by atoms with E-state index in [4.69, 9.17) is 0 Å². The molecule has 1 aromatic rings. The zero-order valence-electron chi connectivity index (χ0n) is 8.09. The number of H-pyrrole nitrogens is 1. The molecule has 2 N–H and O–H groups in total. The van der Waals surface area contributed by atoms with Crippen LogP contribution in [0.2, 0.25) is 0 Å². The molecule has 1 aliphatic rings. The molecule has 3 heteroatoms. The molecule has 0 atom stereocenters. The van der Waals surface area contributed by atoms with Gasteiger partial charge in [-0.3, -0.25) is 0 Å². The second-order valence-corrected chi connectivity index (χ2v) is 3.76. The summed E-state index contributed by atoms with van der Waals surface area (Å²) in [6.07, 6.45) is 5.21. The molecule has 0 spiro atoms. The van der Waals surface area contributed by atoms with Crippen molar-refractivity contribution in [2.45, 2.75) is 12.5 Å². The van der Waals surface area contributed by atoms with Gasteiger partial charge in [-0.15, -0.1) is 0 Å². The molecule has 1 aromatic heterocycles. The molecule has 0 aliphatic carbocycles. The Labute approximate surface area is 79.1 Å². The van der Waals surface area contributed by atoms with Crippen molar-refractivity contribution in [2.75, 3.05) is 26.7 Å². The van der Waals surface area contributed by atoms with Crippen LogP contribution in [0.1, 0.15) is 5.56 Å². The van der Waals surface area contributed by atoms with Crippen molar-refractivity contribution in [1.29, 1.82) is 0 Å². The van der Waals surface area contributed by atoms with Crippen molar-refractivity contribution in [3.63, 3.8) is 0 Å². The van der Waals surface area contributed by atoms with Crippen molar-refractivity contribution in [3.8, 4) is 0 Å². The fraction of sp³-hybridized carbons (Fsp3) is 0.600. The van der Waals surface area contributed by atoms with Gasteiger partial charge in [-0.1, -0.05) is 0 Å². The van der Waals surface area contributed by atoms with Gasteiger partial charge in [0.05, 0.1) is 0 Å². The molecule has 2 rings (SSSR count). The van der Waals surface area contributed by atoms with Crippen LogP contribution in [0, 0.1) is 0 Å². The zero-order chi connectivity index (χ0) is 9.10. The molecule has 72 valence electrons. The summed E-state index contributed by atoms with van der Waals surface area (Å²) < 4.78 is 0. The number of aromatic amines is 1. The molecule has 0 aromatic carbocycles. The highest BCUT2D eigenvalue weighted by molar-refractivity contribution is 5.08. The van der Waals surface area contributed by atoms with Gasteiger partial charge < -0.3 is 15.2 Å². The van der Waals surface area contributed by atoms with E-state index in [1.54, 1.807) is 0 Å². The van der Waals surface area contributed by atoms with Crippen molar-refractivity contribution in [3.05, 3.63) is 24.0 Å². The van der Waals surface area contributed by atoms with E-state index in [1.807, 2.05) is 6.20 Å². The molecule has 1 aliphatic heterocycles. The summed E-state index contributed by atoms with van der Waals surface area (Å²) >= 11 is 0. The molecule has 1 saturated heterocycles. The quantitative estimate of drug-likeness (QED) is 0.703. The van der Waals surface area contributed by atoms with Gasteiger partial charge >= 0.3 is 0 Å². The van der Waals surface area contributed by atoms with Crippen LogP contribution < -0.4 is 5.32 Å². The fourth-order valence-corrected chi connectivity index (χ4v) is 1.59. The molecule has 13 heavy (non-hydrogen) atoms. The van der Waals surface area contributed by atoms with E-state index in [0.29, 0.717) is 0 Å². The van der Waals surface area contributed by atoms with Crippen molar-refractivity contribution in [2.24, 2.45) is 0 Å². The Morgan fingerprint density at radius 3 is 2.92 bits per heavy atom. The summed E-state index contributed by atoms with van der Waals surface area (Å²) in [5.41, 5.74) is 1.40. The van der Waals surface area contributed by atoms with E-state index < -0.39 is 0 Å². The molecule has 2 heterocycles. The highest BCUT2D eigenvalue weighted by atomic mass is 15.2. The van der Waals surface area contributed by atoms with E-state index in [-0.39, 0.29) is 0 Å². The number of rotatable bonds is 4. The summed E-state index contributed by atoms with van der Waals surface area (Å²) in [6.45, 7) is 3.47. The first-order valence-corrected chi connectivity index (χ1v) is 4.89. The largest absolute Gasteiger partial charge is 0.367 e. The Kier molecular flexibility index (Phi) is 2.66. The summed E-state index contributed by atoms with van der Waals surface area (Å²) in [6, 6.07) is 2.91. The normalized spacial score (nSPS) is 17.7. The molecular formula is C10H17N3. The van der Waals surface area contributed by atoms with Crippen LogP contribution in [0.3, 0.4) is 0 Å². The smallest absolute Gasteiger partial charge is 0.0342 e. The Morgan fingerprint density at radius 1 is 1.54 bits per heavy atom. The van der Waals surface area contributed by atoms with Gasteiger partial charge in [0.25, 0.3) is 0 Å². The molecule has 0 unspecified atom stereocenters. The van der Waals surface area contributed by atoms with E-state index in [0.717, 1.165) is 32.1 Å². The van der Waals surface area contributed by atoms with Crippen LogP contribution in [0.5, 0.6) is 0 Å². The van der Waals surface area contributed by atoms with E-state index >= 15 is 0 Å². The minimum Gasteiger partial charge on any atom is -0.367 e. The number of hydrogen-bond acceptors (Lipinski definition) is 2. The van der Waals surface area contributed by atoms with Gasteiger partial charge in [-0.05, 0) is 25.1 Å². The molecule has 1 fully saturated rings. The van der Waals surface area contributed by atoms with Crippen LogP contribution in [-0.4, -0.2) is 42.6 Å². The Bertz CT molecular complexity index is 239. The van der Waals surface area contributed by atoms with Gasteiger partial charge in [-0.25, -0.2) is 0 Å². The van der Waals surface area contributed by atoms with Crippen LogP contribution >= 0.6 is 0 Å². The second-order valence-electron chi connectivity index (χ2n) is 3.76. The molecule has 0 amide bonds. The lowest BCUT2D eigenvalue weighted by Gasteiger charge is -2.35. The third-order valence-corrected chi connectivity index (χ3v) is 2.80. The predicted molar refractivity (Wildman–Crippen MR) is 53.8 cm³/mol. The van der Waals surface area contributed by atoms with Crippen LogP contribution in [0.4, 0.5) is 0 Å². The van der Waals surface area contributed by atoms with Crippen LogP contribution in [-0.2, 0) is 6.42 Å².